The molecule has 4 unspecified atom stereocenters. The molecule has 15 heavy (non-hydrogen) atoms. The molecule has 1 rings (SSSR count). The van der Waals surface area contributed by atoms with E-state index < -0.39 is 6.10 Å². The molecule has 1 saturated carbocycles. The van der Waals surface area contributed by atoms with Gasteiger partial charge in [0.1, 0.15) is 0 Å². The van der Waals surface area contributed by atoms with Gasteiger partial charge in [-0.25, -0.2) is 0 Å². The van der Waals surface area contributed by atoms with Crippen molar-refractivity contribution in [1.29, 1.82) is 0 Å². The van der Waals surface area contributed by atoms with E-state index in [1.807, 2.05) is 0 Å². The summed E-state index contributed by atoms with van der Waals surface area (Å²) in [4.78, 5) is 0. The lowest BCUT2D eigenvalue weighted by Crippen LogP contribution is -2.33. The van der Waals surface area contributed by atoms with Gasteiger partial charge >= 0.3 is 0 Å². The van der Waals surface area contributed by atoms with Crippen molar-refractivity contribution in [2.45, 2.75) is 44.1 Å². The molecule has 0 aromatic rings. The largest absolute Gasteiger partial charge is 0.394 e. The highest BCUT2D eigenvalue weighted by Crippen LogP contribution is 2.35. The Morgan fingerprint density at radius 3 is 2.80 bits per heavy atom. The lowest BCUT2D eigenvalue weighted by molar-refractivity contribution is 0.113. The maximum absolute atomic E-state index is 9.29. The first kappa shape index (κ1) is 13.3. The molecule has 0 aliphatic heterocycles. The van der Waals surface area contributed by atoms with Crippen LogP contribution in [0.4, 0.5) is 0 Å². The van der Waals surface area contributed by atoms with Gasteiger partial charge in [-0.3, -0.25) is 0 Å². The minimum absolute atomic E-state index is 0.120. The Labute approximate surface area is 96.6 Å². The van der Waals surface area contributed by atoms with Crippen LogP contribution in [0, 0.1) is 5.92 Å². The topological polar surface area (TPSA) is 52.5 Å². The van der Waals surface area contributed by atoms with E-state index in [-0.39, 0.29) is 6.61 Å². The van der Waals surface area contributed by atoms with Crippen LogP contribution in [0.15, 0.2) is 0 Å². The molecular formula is C11H23NO2S. The third-order valence-electron chi connectivity index (χ3n) is 3.16. The Kier molecular flexibility index (Phi) is 5.97. The van der Waals surface area contributed by atoms with Gasteiger partial charge in [0.25, 0.3) is 0 Å². The minimum Gasteiger partial charge on any atom is -0.394 e. The summed E-state index contributed by atoms with van der Waals surface area (Å²) in [7, 11) is 0. The fraction of sp³-hybridized carbons (Fsp3) is 1.00. The molecule has 0 heterocycles. The standard InChI is InChI=1S/C11H23NO2S/c1-3-12-10-4-5-11(8(10)2)15-7-9(14)6-13/h8-14H,3-7H2,1-2H3. The van der Waals surface area contributed by atoms with E-state index in [1.165, 1.54) is 12.8 Å². The summed E-state index contributed by atoms with van der Waals surface area (Å²) in [6.45, 7) is 5.34. The van der Waals surface area contributed by atoms with Crippen molar-refractivity contribution in [1.82, 2.24) is 5.32 Å². The Hall–Kier alpha value is 0.230. The third kappa shape index (κ3) is 3.94. The molecule has 0 spiro atoms. The van der Waals surface area contributed by atoms with Crippen molar-refractivity contribution < 1.29 is 10.2 Å². The van der Waals surface area contributed by atoms with E-state index in [4.69, 9.17) is 5.11 Å². The number of nitrogens with one attached hydrogen (secondary N) is 1. The second-order valence-electron chi connectivity index (χ2n) is 4.31. The number of thioether (sulfide) groups is 1. The van der Waals surface area contributed by atoms with Crippen molar-refractivity contribution >= 4 is 11.8 Å². The van der Waals surface area contributed by atoms with E-state index in [9.17, 15) is 5.11 Å². The summed E-state index contributed by atoms with van der Waals surface area (Å²) in [5, 5.41) is 22.2. The lowest BCUT2D eigenvalue weighted by Gasteiger charge is -2.21. The number of hydrogen-bond donors (Lipinski definition) is 3. The molecule has 0 saturated heterocycles. The van der Waals surface area contributed by atoms with E-state index in [2.05, 4.69) is 19.2 Å². The quantitative estimate of drug-likeness (QED) is 0.636. The average molecular weight is 233 g/mol. The monoisotopic (exact) mass is 233 g/mol. The third-order valence-corrected chi connectivity index (χ3v) is 4.83. The predicted molar refractivity (Wildman–Crippen MR) is 65.2 cm³/mol. The van der Waals surface area contributed by atoms with Gasteiger partial charge in [0.05, 0.1) is 12.7 Å². The molecular weight excluding hydrogens is 210 g/mol. The van der Waals surface area contributed by atoms with Crippen LogP contribution in [0.1, 0.15) is 26.7 Å². The second kappa shape index (κ2) is 6.74. The normalized spacial score (nSPS) is 33.2. The Morgan fingerprint density at radius 2 is 2.20 bits per heavy atom. The molecule has 0 aromatic carbocycles. The van der Waals surface area contributed by atoms with Crippen molar-refractivity contribution in [3.05, 3.63) is 0 Å². The molecule has 4 atom stereocenters. The van der Waals surface area contributed by atoms with Gasteiger partial charge in [0.2, 0.25) is 0 Å². The molecule has 0 amide bonds. The average Bonchev–Trinajstić information content (AvgIpc) is 2.58. The maximum atomic E-state index is 9.29. The number of aliphatic hydroxyl groups is 2. The zero-order valence-corrected chi connectivity index (χ0v) is 10.5. The van der Waals surface area contributed by atoms with Crippen LogP contribution in [0.5, 0.6) is 0 Å². The first-order valence-electron chi connectivity index (χ1n) is 5.83. The summed E-state index contributed by atoms with van der Waals surface area (Å²) in [6, 6.07) is 0.638. The van der Waals surface area contributed by atoms with Crippen LogP contribution in [0.2, 0.25) is 0 Å². The molecule has 0 aromatic heterocycles. The van der Waals surface area contributed by atoms with Crippen LogP contribution < -0.4 is 5.32 Å². The van der Waals surface area contributed by atoms with E-state index >= 15 is 0 Å². The molecule has 1 fully saturated rings. The van der Waals surface area contributed by atoms with E-state index in [1.54, 1.807) is 11.8 Å². The maximum Gasteiger partial charge on any atom is 0.0861 e. The van der Waals surface area contributed by atoms with Crippen LogP contribution in [-0.4, -0.2) is 46.5 Å². The molecule has 3 N–H and O–H groups in total. The van der Waals surface area contributed by atoms with Crippen molar-refractivity contribution in [3.63, 3.8) is 0 Å². The molecule has 1 aliphatic rings. The minimum atomic E-state index is -0.555. The highest BCUT2D eigenvalue weighted by atomic mass is 32.2. The van der Waals surface area contributed by atoms with Gasteiger partial charge in [0.15, 0.2) is 0 Å². The van der Waals surface area contributed by atoms with Gasteiger partial charge in [-0.2, -0.15) is 11.8 Å². The summed E-state index contributed by atoms with van der Waals surface area (Å²) in [5.74, 6) is 1.32. The summed E-state index contributed by atoms with van der Waals surface area (Å²) >= 11 is 1.80. The van der Waals surface area contributed by atoms with Crippen LogP contribution in [0.25, 0.3) is 0 Å². The van der Waals surface area contributed by atoms with Gasteiger partial charge < -0.3 is 15.5 Å². The Balaban J connectivity index is 2.26. The first-order valence-corrected chi connectivity index (χ1v) is 6.87. The summed E-state index contributed by atoms with van der Waals surface area (Å²) < 4.78 is 0. The summed E-state index contributed by atoms with van der Waals surface area (Å²) in [6.07, 6.45) is 1.91. The van der Waals surface area contributed by atoms with Crippen LogP contribution in [0.3, 0.4) is 0 Å². The van der Waals surface area contributed by atoms with Gasteiger partial charge in [0, 0.05) is 17.0 Å². The first-order chi connectivity index (χ1) is 7.19. The number of rotatable bonds is 6. The lowest BCUT2D eigenvalue weighted by atomic mass is 10.1. The molecule has 90 valence electrons. The smallest absolute Gasteiger partial charge is 0.0861 e. The van der Waals surface area contributed by atoms with Gasteiger partial charge in [-0.15, -0.1) is 0 Å². The zero-order chi connectivity index (χ0) is 11.3. The molecule has 0 radical (unpaired) electrons. The van der Waals surface area contributed by atoms with Crippen molar-refractivity contribution in [2.75, 3.05) is 18.9 Å². The molecule has 4 heteroatoms. The Bertz CT molecular complexity index is 180. The van der Waals surface area contributed by atoms with Gasteiger partial charge in [-0.1, -0.05) is 13.8 Å². The zero-order valence-electron chi connectivity index (χ0n) is 9.65. The van der Waals surface area contributed by atoms with Crippen molar-refractivity contribution in [2.24, 2.45) is 5.92 Å². The Morgan fingerprint density at radius 1 is 1.47 bits per heavy atom. The predicted octanol–water partition coefficient (Wildman–Crippen LogP) is 0.849. The molecule has 1 aliphatic carbocycles. The molecule has 0 bridgehead atoms. The molecule has 3 nitrogen and oxygen atoms in total. The second-order valence-corrected chi connectivity index (χ2v) is 5.58. The van der Waals surface area contributed by atoms with Crippen LogP contribution >= 0.6 is 11.8 Å². The van der Waals surface area contributed by atoms with Crippen LogP contribution in [-0.2, 0) is 0 Å². The van der Waals surface area contributed by atoms with Gasteiger partial charge in [-0.05, 0) is 25.3 Å². The number of hydrogen-bond acceptors (Lipinski definition) is 4. The highest BCUT2D eigenvalue weighted by Gasteiger charge is 2.32. The SMILES string of the molecule is CCNC1CCC(SCC(O)CO)C1C. The van der Waals surface area contributed by atoms with E-state index in [0.717, 1.165) is 6.54 Å². The number of aliphatic hydroxyl groups excluding tert-OH is 2. The summed E-state index contributed by atoms with van der Waals surface area (Å²) in [5.41, 5.74) is 0. The fourth-order valence-corrected chi connectivity index (χ4v) is 3.57. The highest BCUT2D eigenvalue weighted by molar-refractivity contribution is 7.99. The van der Waals surface area contributed by atoms with E-state index in [0.29, 0.717) is 23.0 Å². The van der Waals surface area contributed by atoms with Crippen molar-refractivity contribution in [3.8, 4) is 0 Å². The fourth-order valence-electron chi connectivity index (χ4n) is 2.20.